The summed E-state index contributed by atoms with van der Waals surface area (Å²) in [6, 6.07) is 7.67. The third-order valence-electron chi connectivity index (χ3n) is 5.02. The monoisotopic (exact) mass is 387 g/mol. The fourth-order valence-electron chi connectivity index (χ4n) is 3.46. The molecule has 3 amide bonds. The van der Waals surface area contributed by atoms with Gasteiger partial charge in [0.15, 0.2) is 6.61 Å². The molecule has 28 heavy (non-hydrogen) atoms. The van der Waals surface area contributed by atoms with Crippen LogP contribution in [0.1, 0.15) is 25.3 Å². The Kier molecular flexibility index (Phi) is 4.41. The van der Waals surface area contributed by atoms with Crippen LogP contribution in [-0.2, 0) is 10.3 Å². The Morgan fingerprint density at radius 3 is 2.71 bits per heavy atom. The molecule has 1 saturated carbocycles. The highest BCUT2D eigenvalue weighted by atomic mass is 19.1. The van der Waals surface area contributed by atoms with Crippen molar-refractivity contribution in [2.45, 2.75) is 25.3 Å². The van der Waals surface area contributed by atoms with Gasteiger partial charge in [-0.2, -0.15) is 0 Å². The molecule has 0 saturated heterocycles. The Morgan fingerprint density at radius 2 is 2.00 bits per heavy atom. The van der Waals surface area contributed by atoms with E-state index in [1.165, 1.54) is 0 Å². The number of nitrogens with zero attached hydrogens (tertiary/aromatic N) is 1. The number of halogens is 2. The van der Waals surface area contributed by atoms with Gasteiger partial charge in [0.1, 0.15) is 17.4 Å². The van der Waals surface area contributed by atoms with E-state index in [0.29, 0.717) is 36.5 Å². The minimum absolute atomic E-state index is 0.0180. The molecule has 0 aromatic heterocycles. The summed E-state index contributed by atoms with van der Waals surface area (Å²) in [7, 11) is 0. The Labute approximate surface area is 160 Å². The summed E-state index contributed by atoms with van der Waals surface area (Å²) in [6.45, 7) is 2.31. The maximum atomic E-state index is 14.1. The van der Waals surface area contributed by atoms with E-state index < -0.39 is 23.2 Å². The van der Waals surface area contributed by atoms with Gasteiger partial charge >= 0.3 is 6.03 Å². The van der Waals surface area contributed by atoms with E-state index in [4.69, 9.17) is 4.74 Å². The highest BCUT2D eigenvalue weighted by Crippen LogP contribution is 2.46. The summed E-state index contributed by atoms with van der Waals surface area (Å²) in [4.78, 5) is 26.0. The number of benzene rings is 2. The highest BCUT2D eigenvalue weighted by molar-refractivity contribution is 5.99. The second-order valence-corrected chi connectivity index (χ2v) is 6.89. The minimum atomic E-state index is -0.904. The molecule has 0 atom stereocenters. The summed E-state index contributed by atoms with van der Waals surface area (Å²) in [5.74, 6) is -0.700. The molecule has 0 unspecified atom stereocenters. The lowest BCUT2D eigenvalue weighted by Crippen LogP contribution is -2.39. The van der Waals surface area contributed by atoms with Crippen LogP contribution in [0.2, 0.25) is 0 Å². The van der Waals surface area contributed by atoms with Gasteiger partial charge in [0.2, 0.25) is 0 Å². The quantitative estimate of drug-likeness (QED) is 0.843. The smallest absolute Gasteiger partial charge is 0.319 e. The molecule has 0 spiro atoms. The average Bonchev–Trinajstić information content (AvgIpc) is 3.43. The first-order valence-electron chi connectivity index (χ1n) is 9.04. The lowest BCUT2D eigenvalue weighted by atomic mass is 10.0. The minimum Gasteiger partial charge on any atom is -0.482 e. The van der Waals surface area contributed by atoms with Crippen LogP contribution in [0.25, 0.3) is 0 Å². The van der Waals surface area contributed by atoms with E-state index >= 15 is 0 Å². The first kappa shape index (κ1) is 18.2. The van der Waals surface area contributed by atoms with Gasteiger partial charge in [-0.3, -0.25) is 4.79 Å². The van der Waals surface area contributed by atoms with Crippen molar-refractivity contribution in [1.82, 2.24) is 5.32 Å². The Morgan fingerprint density at radius 1 is 1.21 bits per heavy atom. The van der Waals surface area contributed by atoms with Crippen molar-refractivity contribution in [2.75, 3.05) is 23.4 Å². The molecular formula is C20H19F2N3O3. The van der Waals surface area contributed by atoms with Crippen molar-refractivity contribution >= 4 is 23.3 Å². The van der Waals surface area contributed by atoms with E-state index in [-0.39, 0.29) is 18.1 Å². The van der Waals surface area contributed by atoms with Crippen LogP contribution < -0.4 is 20.3 Å². The van der Waals surface area contributed by atoms with Gasteiger partial charge in [-0.05, 0) is 56.2 Å². The molecule has 4 rings (SSSR count). The molecule has 1 aliphatic heterocycles. The topological polar surface area (TPSA) is 70.7 Å². The predicted octanol–water partition coefficient (Wildman–Crippen LogP) is 3.52. The number of amides is 3. The van der Waals surface area contributed by atoms with Gasteiger partial charge in [-0.25, -0.2) is 13.6 Å². The molecule has 1 heterocycles. The molecule has 1 aliphatic carbocycles. The maximum Gasteiger partial charge on any atom is 0.319 e. The number of urea groups is 1. The van der Waals surface area contributed by atoms with Crippen molar-refractivity contribution in [3.63, 3.8) is 0 Å². The SMILES string of the molecule is CCN1C(=O)COc2ccc(NC(=O)NC3(c4cc(F)ccc4F)CC3)cc21. The summed E-state index contributed by atoms with van der Waals surface area (Å²) < 4.78 is 33.0. The Bertz CT molecular complexity index is 960. The van der Waals surface area contributed by atoms with Crippen molar-refractivity contribution in [2.24, 2.45) is 0 Å². The molecule has 2 aromatic rings. The lowest BCUT2D eigenvalue weighted by Gasteiger charge is -2.28. The number of fused-ring (bicyclic) bond motifs is 1. The number of ether oxygens (including phenoxy) is 1. The van der Waals surface area contributed by atoms with Crippen molar-refractivity contribution in [3.8, 4) is 5.75 Å². The molecule has 1 fully saturated rings. The second kappa shape index (κ2) is 6.78. The zero-order valence-electron chi connectivity index (χ0n) is 15.2. The lowest BCUT2D eigenvalue weighted by molar-refractivity contribution is -0.121. The molecule has 2 aromatic carbocycles. The Hall–Kier alpha value is -3.16. The van der Waals surface area contributed by atoms with Crippen LogP contribution in [0.5, 0.6) is 5.75 Å². The third kappa shape index (κ3) is 3.26. The normalized spacial score (nSPS) is 16.8. The summed E-state index contributed by atoms with van der Waals surface area (Å²) in [5, 5.41) is 5.44. The maximum absolute atomic E-state index is 14.1. The van der Waals surface area contributed by atoms with Crippen LogP contribution >= 0.6 is 0 Å². The fraction of sp³-hybridized carbons (Fsp3) is 0.300. The fourth-order valence-corrected chi connectivity index (χ4v) is 3.46. The van der Waals surface area contributed by atoms with E-state index in [2.05, 4.69) is 10.6 Å². The molecule has 146 valence electrons. The number of anilines is 2. The number of hydrogen-bond acceptors (Lipinski definition) is 3. The first-order valence-corrected chi connectivity index (χ1v) is 9.04. The number of nitrogens with one attached hydrogen (secondary N) is 2. The van der Waals surface area contributed by atoms with E-state index in [1.807, 2.05) is 6.92 Å². The van der Waals surface area contributed by atoms with Gasteiger partial charge in [0.25, 0.3) is 5.91 Å². The number of likely N-dealkylation sites (N-methyl/N-ethyl adjacent to an activating group) is 1. The van der Waals surface area contributed by atoms with Crippen LogP contribution in [0.15, 0.2) is 36.4 Å². The van der Waals surface area contributed by atoms with Gasteiger partial charge < -0.3 is 20.3 Å². The van der Waals surface area contributed by atoms with Crippen LogP contribution in [-0.4, -0.2) is 25.1 Å². The van der Waals surface area contributed by atoms with E-state index in [0.717, 1.165) is 18.2 Å². The summed E-state index contributed by atoms with van der Waals surface area (Å²) >= 11 is 0. The van der Waals surface area contributed by atoms with Crippen LogP contribution in [0.3, 0.4) is 0 Å². The molecule has 0 radical (unpaired) electrons. The van der Waals surface area contributed by atoms with Gasteiger partial charge in [0.05, 0.1) is 11.2 Å². The zero-order valence-corrected chi connectivity index (χ0v) is 15.2. The van der Waals surface area contributed by atoms with Gasteiger partial charge in [-0.1, -0.05) is 0 Å². The van der Waals surface area contributed by atoms with Crippen molar-refractivity contribution in [1.29, 1.82) is 0 Å². The average molecular weight is 387 g/mol. The molecule has 8 heteroatoms. The summed E-state index contributed by atoms with van der Waals surface area (Å²) in [6.07, 6.45) is 1.05. The standard InChI is InChI=1S/C20H19F2N3O3/c1-2-25-16-10-13(4-6-17(16)28-11-18(25)26)23-19(27)24-20(7-8-20)14-9-12(21)3-5-15(14)22/h3-6,9-10H,2,7-8,11H2,1H3,(H2,23,24,27). The second-order valence-electron chi connectivity index (χ2n) is 6.89. The molecule has 2 N–H and O–H groups in total. The highest BCUT2D eigenvalue weighted by Gasteiger charge is 2.47. The summed E-state index contributed by atoms with van der Waals surface area (Å²) in [5.41, 5.74) is 0.278. The molecule has 6 nitrogen and oxygen atoms in total. The number of hydrogen-bond donors (Lipinski definition) is 2. The number of carbonyl (C=O) groups excluding carboxylic acids is 2. The Balaban J connectivity index is 1.51. The van der Waals surface area contributed by atoms with Gasteiger partial charge in [0, 0.05) is 17.8 Å². The molecular weight excluding hydrogens is 368 g/mol. The van der Waals surface area contributed by atoms with Crippen molar-refractivity contribution in [3.05, 3.63) is 53.6 Å². The van der Waals surface area contributed by atoms with Crippen LogP contribution in [0.4, 0.5) is 25.0 Å². The largest absolute Gasteiger partial charge is 0.482 e. The van der Waals surface area contributed by atoms with Gasteiger partial charge in [-0.15, -0.1) is 0 Å². The molecule has 0 bridgehead atoms. The van der Waals surface area contributed by atoms with Crippen molar-refractivity contribution < 1.29 is 23.1 Å². The first-order chi connectivity index (χ1) is 13.4. The van der Waals surface area contributed by atoms with Crippen LogP contribution in [0, 0.1) is 11.6 Å². The zero-order chi connectivity index (χ0) is 19.9. The predicted molar refractivity (Wildman–Crippen MR) is 99.4 cm³/mol. The third-order valence-corrected chi connectivity index (χ3v) is 5.02. The van der Waals surface area contributed by atoms with E-state index in [1.54, 1.807) is 23.1 Å². The van der Waals surface area contributed by atoms with E-state index in [9.17, 15) is 18.4 Å². The number of carbonyl (C=O) groups is 2. The number of rotatable bonds is 4. The molecule has 2 aliphatic rings.